The third kappa shape index (κ3) is 2.34. The van der Waals surface area contributed by atoms with Crippen LogP contribution in [0.4, 0.5) is 4.79 Å². The summed E-state index contributed by atoms with van der Waals surface area (Å²) in [6.45, 7) is 1.08. The largest absolute Gasteiger partial charge is 0.497 e. The fourth-order valence-electron chi connectivity index (χ4n) is 1.43. The van der Waals surface area contributed by atoms with E-state index in [0.717, 1.165) is 11.3 Å². The van der Waals surface area contributed by atoms with Crippen molar-refractivity contribution in [1.82, 2.24) is 4.90 Å². The number of cyclic esters (lactones) is 1. The molecule has 0 aromatic heterocycles. The van der Waals surface area contributed by atoms with E-state index in [1.54, 1.807) is 18.2 Å². The van der Waals surface area contributed by atoms with Gasteiger partial charge in [-0.05, 0) is 23.8 Å². The van der Waals surface area contributed by atoms with Crippen LogP contribution in [0.15, 0.2) is 30.5 Å². The number of benzene rings is 1. The van der Waals surface area contributed by atoms with Crippen molar-refractivity contribution in [2.75, 3.05) is 20.3 Å². The van der Waals surface area contributed by atoms with Gasteiger partial charge in [-0.25, -0.2) is 4.79 Å². The smallest absolute Gasteiger partial charge is 0.413 e. The molecule has 1 saturated heterocycles. The molecule has 0 unspecified atom stereocenters. The number of rotatable bonds is 3. The maximum Gasteiger partial charge on any atom is 0.413 e. The zero-order valence-corrected chi connectivity index (χ0v) is 9.05. The first kappa shape index (κ1) is 10.5. The van der Waals surface area contributed by atoms with Crippen LogP contribution in [-0.4, -0.2) is 31.3 Å². The molecule has 0 N–H and O–H groups in total. The van der Waals surface area contributed by atoms with Crippen LogP contribution in [0.2, 0.25) is 0 Å². The van der Waals surface area contributed by atoms with Gasteiger partial charge in [-0.2, -0.15) is 0 Å². The van der Waals surface area contributed by atoms with Crippen molar-refractivity contribution < 1.29 is 14.3 Å². The molecule has 0 aliphatic carbocycles. The van der Waals surface area contributed by atoms with Crippen LogP contribution in [0.3, 0.4) is 0 Å². The van der Waals surface area contributed by atoms with Gasteiger partial charge < -0.3 is 9.47 Å². The normalized spacial score (nSPS) is 15.6. The summed E-state index contributed by atoms with van der Waals surface area (Å²) in [4.78, 5) is 12.7. The van der Waals surface area contributed by atoms with Crippen LogP contribution in [0.1, 0.15) is 5.56 Å². The minimum absolute atomic E-state index is 0.287. The summed E-state index contributed by atoms with van der Waals surface area (Å²) in [5.74, 6) is 0.817. The van der Waals surface area contributed by atoms with Gasteiger partial charge in [0.2, 0.25) is 0 Å². The molecule has 1 aromatic rings. The highest BCUT2D eigenvalue weighted by Gasteiger charge is 2.18. The first-order valence-corrected chi connectivity index (χ1v) is 5.05. The number of nitrogens with zero attached hydrogens (tertiary/aromatic N) is 1. The van der Waals surface area contributed by atoms with Gasteiger partial charge in [-0.3, -0.25) is 4.90 Å². The maximum absolute atomic E-state index is 11.1. The first-order chi connectivity index (χ1) is 7.79. The van der Waals surface area contributed by atoms with E-state index in [2.05, 4.69) is 0 Å². The molecule has 4 nitrogen and oxygen atoms in total. The molecule has 1 aliphatic heterocycles. The fourth-order valence-corrected chi connectivity index (χ4v) is 1.43. The molecule has 1 amide bonds. The summed E-state index contributed by atoms with van der Waals surface area (Å²) < 4.78 is 9.86. The van der Waals surface area contributed by atoms with Gasteiger partial charge in [0.25, 0.3) is 0 Å². The molecule has 1 aliphatic rings. The molecular weight excluding hydrogens is 206 g/mol. The Hall–Kier alpha value is -1.97. The summed E-state index contributed by atoms with van der Waals surface area (Å²) in [7, 11) is 1.63. The number of hydrogen-bond donors (Lipinski definition) is 0. The standard InChI is InChI=1S/C12H13NO3/c1-15-11-4-2-10(3-5-11)6-7-13-8-9-16-12(13)14/h2-7H,8-9H2,1H3/b7-6-. The second kappa shape index (κ2) is 4.70. The van der Waals surface area contributed by atoms with E-state index in [0.29, 0.717) is 13.2 Å². The van der Waals surface area contributed by atoms with Gasteiger partial charge in [0.05, 0.1) is 13.7 Å². The molecular formula is C12H13NO3. The molecule has 2 rings (SSSR count). The van der Waals surface area contributed by atoms with Crippen molar-refractivity contribution in [3.8, 4) is 5.75 Å². The number of amides is 1. The van der Waals surface area contributed by atoms with Gasteiger partial charge in [-0.1, -0.05) is 12.1 Å². The van der Waals surface area contributed by atoms with E-state index >= 15 is 0 Å². The predicted octanol–water partition coefficient (Wildman–Crippen LogP) is 2.12. The minimum Gasteiger partial charge on any atom is -0.497 e. The number of methoxy groups -OCH3 is 1. The average molecular weight is 219 g/mol. The lowest BCUT2D eigenvalue weighted by atomic mass is 10.2. The molecule has 0 spiro atoms. The quantitative estimate of drug-likeness (QED) is 0.781. The summed E-state index contributed by atoms with van der Waals surface area (Å²) in [5.41, 5.74) is 1.01. The Morgan fingerprint density at radius 3 is 2.69 bits per heavy atom. The van der Waals surface area contributed by atoms with Crippen LogP contribution in [0.5, 0.6) is 5.75 Å². The third-order valence-electron chi connectivity index (χ3n) is 2.35. The lowest BCUT2D eigenvalue weighted by Gasteiger charge is -2.04. The molecule has 4 heteroatoms. The summed E-state index contributed by atoms with van der Waals surface area (Å²) >= 11 is 0. The SMILES string of the molecule is COc1ccc(/C=C\N2CCOC2=O)cc1. The molecule has 0 atom stereocenters. The van der Waals surface area contributed by atoms with Gasteiger partial charge >= 0.3 is 6.09 Å². The van der Waals surface area contributed by atoms with Crippen molar-refractivity contribution in [2.24, 2.45) is 0 Å². The lowest BCUT2D eigenvalue weighted by Crippen LogP contribution is -2.16. The molecule has 0 saturated carbocycles. The van der Waals surface area contributed by atoms with Crippen LogP contribution in [0.25, 0.3) is 6.08 Å². The third-order valence-corrected chi connectivity index (χ3v) is 2.35. The van der Waals surface area contributed by atoms with Crippen molar-refractivity contribution in [3.63, 3.8) is 0 Å². The average Bonchev–Trinajstić information content (AvgIpc) is 2.73. The summed E-state index contributed by atoms with van der Waals surface area (Å²) in [5, 5.41) is 0. The number of ether oxygens (including phenoxy) is 2. The van der Waals surface area contributed by atoms with Gasteiger partial charge in [0, 0.05) is 6.20 Å². The minimum atomic E-state index is -0.287. The van der Waals surface area contributed by atoms with E-state index in [1.807, 2.05) is 30.3 Å². The zero-order valence-electron chi connectivity index (χ0n) is 9.05. The lowest BCUT2D eigenvalue weighted by molar-refractivity contribution is 0.166. The molecule has 0 radical (unpaired) electrons. The van der Waals surface area contributed by atoms with E-state index in [9.17, 15) is 4.79 Å². The molecule has 1 aromatic carbocycles. The molecule has 84 valence electrons. The highest BCUT2D eigenvalue weighted by atomic mass is 16.6. The van der Waals surface area contributed by atoms with E-state index in [4.69, 9.17) is 9.47 Å². The molecule has 1 fully saturated rings. The Kier molecular flexibility index (Phi) is 3.10. The highest BCUT2D eigenvalue weighted by Crippen LogP contribution is 2.13. The van der Waals surface area contributed by atoms with Gasteiger partial charge in [-0.15, -0.1) is 0 Å². The monoisotopic (exact) mass is 219 g/mol. The van der Waals surface area contributed by atoms with Crippen LogP contribution >= 0.6 is 0 Å². The molecule has 0 bridgehead atoms. The number of carbonyl (C=O) groups is 1. The van der Waals surface area contributed by atoms with Crippen molar-refractivity contribution in [1.29, 1.82) is 0 Å². The van der Waals surface area contributed by atoms with Crippen molar-refractivity contribution in [3.05, 3.63) is 36.0 Å². The topological polar surface area (TPSA) is 38.8 Å². The summed E-state index contributed by atoms with van der Waals surface area (Å²) in [6, 6.07) is 7.61. The fraction of sp³-hybridized carbons (Fsp3) is 0.250. The van der Waals surface area contributed by atoms with E-state index in [1.165, 1.54) is 0 Å². The van der Waals surface area contributed by atoms with E-state index in [-0.39, 0.29) is 6.09 Å². The second-order valence-electron chi connectivity index (χ2n) is 3.40. The Morgan fingerprint density at radius 1 is 1.38 bits per heavy atom. The Morgan fingerprint density at radius 2 is 2.12 bits per heavy atom. The van der Waals surface area contributed by atoms with Gasteiger partial charge in [0.15, 0.2) is 0 Å². The Labute approximate surface area is 94.1 Å². The molecule has 1 heterocycles. The molecule has 16 heavy (non-hydrogen) atoms. The van der Waals surface area contributed by atoms with Crippen LogP contribution in [-0.2, 0) is 4.74 Å². The highest BCUT2D eigenvalue weighted by molar-refractivity contribution is 5.72. The number of carbonyl (C=O) groups excluding carboxylic acids is 1. The Bertz CT molecular complexity index is 397. The Balaban J connectivity index is 2.02. The second-order valence-corrected chi connectivity index (χ2v) is 3.40. The number of hydrogen-bond acceptors (Lipinski definition) is 3. The first-order valence-electron chi connectivity index (χ1n) is 5.05. The zero-order chi connectivity index (χ0) is 11.4. The van der Waals surface area contributed by atoms with Crippen molar-refractivity contribution in [2.45, 2.75) is 0 Å². The predicted molar refractivity (Wildman–Crippen MR) is 60.1 cm³/mol. The van der Waals surface area contributed by atoms with E-state index < -0.39 is 0 Å². The maximum atomic E-state index is 11.1. The van der Waals surface area contributed by atoms with Gasteiger partial charge in [0.1, 0.15) is 12.4 Å². The van der Waals surface area contributed by atoms with Crippen molar-refractivity contribution >= 4 is 12.2 Å². The summed E-state index contributed by atoms with van der Waals surface area (Å²) in [6.07, 6.45) is 3.31. The van der Waals surface area contributed by atoms with Crippen LogP contribution < -0.4 is 4.74 Å². The van der Waals surface area contributed by atoms with Crippen LogP contribution in [0, 0.1) is 0 Å².